The summed E-state index contributed by atoms with van der Waals surface area (Å²) in [6.45, 7) is 6.00. The molecule has 0 aliphatic rings. The zero-order chi connectivity index (χ0) is 11.8. The van der Waals surface area contributed by atoms with Crippen molar-refractivity contribution in [1.82, 2.24) is 0 Å². The lowest BCUT2D eigenvalue weighted by Crippen LogP contribution is -2.23. The van der Waals surface area contributed by atoms with E-state index >= 15 is 0 Å². The fourth-order valence-electron chi connectivity index (χ4n) is 1.61. The third-order valence-electron chi connectivity index (χ3n) is 2.81. The molecule has 3 atom stereocenters. The number of rotatable bonds is 7. The largest absolute Gasteiger partial charge is 0.481 e. The van der Waals surface area contributed by atoms with Gasteiger partial charge in [0, 0.05) is 17.4 Å². The van der Waals surface area contributed by atoms with Gasteiger partial charge >= 0.3 is 5.97 Å². The first kappa shape index (κ1) is 13.8. The highest BCUT2D eigenvalue weighted by Gasteiger charge is 2.21. The van der Waals surface area contributed by atoms with Crippen molar-refractivity contribution in [2.24, 2.45) is 17.0 Å². The smallest absolute Gasteiger partial charge is 0.303 e. The molecule has 0 saturated carbocycles. The number of carbonyl (C=O) groups is 1. The molecule has 0 rings (SSSR count). The van der Waals surface area contributed by atoms with Crippen molar-refractivity contribution in [3.63, 3.8) is 0 Å². The molecule has 0 amide bonds. The molecular weight excluding hydrogens is 194 g/mol. The molecule has 86 valence electrons. The van der Waals surface area contributed by atoms with Gasteiger partial charge in [-0.3, -0.25) is 4.79 Å². The van der Waals surface area contributed by atoms with E-state index in [1.54, 1.807) is 0 Å². The van der Waals surface area contributed by atoms with Crippen LogP contribution in [0.1, 0.15) is 40.0 Å². The molecule has 1 unspecified atom stereocenters. The summed E-state index contributed by atoms with van der Waals surface area (Å²) in [5.74, 6) is -0.387. The van der Waals surface area contributed by atoms with Crippen molar-refractivity contribution in [2.75, 3.05) is 0 Å². The van der Waals surface area contributed by atoms with Crippen LogP contribution in [0.3, 0.4) is 0 Å². The maximum absolute atomic E-state index is 10.4. The van der Waals surface area contributed by atoms with Crippen LogP contribution >= 0.6 is 0 Å². The molecule has 0 fully saturated rings. The minimum atomic E-state index is -0.800. The fraction of sp³-hybridized carbons (Fsp3) is 0.900. The quantitative estimate of drug-likeness (QED) is 0.400. The maximum atomic E-state index is 10.4. The van der Waals surface area contributed by atoms with Gasteiger partial charge in [0.2, 0.25) is 0 Å². The van der Waals surface area contributed by atoms with E-state index < -0.39 is 5.97 Å². The monoisotopic (exact) mass is 213 g/mol. The highest BCUT2D eigenvalue weighted by molar-refractivity contribution is 5.66. The predicted molar refractivity (Wildman–Crippen MR) is 58.4 cm³/mol. The number of hydrogen-bond acceptors (Lipinski definition) is 2. The summed E-state index contributed by atoms with van der Waals surface area (Å²) < 4.78 is 0. The van der Waals surface area contributed by atoms with E-state index in [0.717, 1.165) is 6.42 Å². The number of carboxylic acid groups (broad SMARTS) is 1. The molecular formula is C10H19N3O2. The van der Waals surface area contributed by atoms with E-state index in [9.17, 15) is 4.79 Å². The van der Waals surface area contributed by atoms with Crippen molar-refractivity contribution < 1.29 is 9.90 Å². The first-order valence-electron chi connectivity index (χ1n) is 5.28. The number of aliphatic carboxylic acids is 1. The van der Waals surface area contributed by atoms with Crippen LogP contribution in [0.2, 0.25) is 0 Å². The van der Waals surface area contributed by atoms with Crippen LogP contribution < -0.4 is 0 Å². The topological polar surface area (TPSA) is 86.1 Å². The Kier molecular flexibility index (Phi) is 6.54. The molecule has 15 heavy (non-hydrogen) atoms. The Morgan fingerprint density at radius 1 is 1.47 bits per heavy atom. The first-order valence-corrected chi connectivity index (χ1v) is 5.28. The number of azide groups is 1. The SMILES string of the molecule is CC[C@H](C)C(N=[N+]=[N-])[C@@H](C)CCC(=O)O. The van der Waals surface area contributed by atoms with Crippen LogP contribution in [-0.4, -0.2) is 17.1 Å². The van der Waals surface area contributed by atoms with E-state index in [1.165, 1.54) is 0 Å². The molecule has 5 heteroatoms. The molecule has 0 saturated heterocycles. The Labute approximate surface area is 90.1 Å². The van der Waals surface area contributed by atoms with Crippen molar-refractivity contribution in [2.45, 2.75) is 46.1 Å². The second-order valence-electron chi connectivity index (χ2n) is 3.99. The van der Waals surface area contributed by atoms with Gasteiger partial charge in [0.1, 0.15) is 0 Å². The lowest BCUT2D eigenvalue weighted by molar-refractivity contribution is -0.137. The number of carboxylic acids is 1. The van der Waals surface area contributed by atoms with Crippen molar-refractivity contribution in [3.05, 3.63) is 10.4 Å². The third kappa shape index (κ3) is 5.27. The second-order valence-corrected chi connectivity index (χ2v) is 3.99. The molecule has 0 heterocycles. The van der Waals surface area contributed by atoms with Crippen molar-refractivity contribution in [1.29, 1.82) is 0 Å². The summed E-state index contributed by atoms with van der Waals surface area (Å²) in [4.78, 5) is 13.3. The Hall–Kier alpha value is -1.22. The Morgan fingerprint density at radius 2 is 2.07 bits per heavy atom. The molecule has 1 N–H and O–H groups in total. The van der Waals surface area contributed by atoms with E-state index in [4.69, 9.17) is 10.6 Å². The molecule has 0 radical (unpaired) electrons. The highest BCUT2D eigenvalue weighted by atomic mass is 16.4. The average Bonchev–Trinajstić information content (AvgIpc) is 2.21. The van der Waals surface area contributed by atoms with Crippen LogP contribution in [-0.2, 0) is 4.79 Å². The Morgan fingerprint density at radius 3 is 2.47 bits per heavy atom. The summed E-state index contributed by atoms with van der Waals surface area (Å²) in [5, 5.41) is 12.3. The van der Waals surface area contributed by atoms with Gasteiger partial charge in [0.15, 0.2) is 0 Å². The Bertz CT molecular complexity index is 249. The molecule has 5 nitrogen and oxygen atoms in total. The van der Waals surface area contributed by atoms with Gasteiger partial charge in [-0.1, -0.05) is 32.3 Å². The number of nitrogens with zero attached hydrogens (tertiary/aromatic N) is 3. The average molecular weight is 213 g/mol. The maximum Gasteiger partial charge on any atom is 0.303 e. The standard InChI is InChI=1S/C10H19N3O2/c1-4-7(2)10(12-13-11)8(3)5-6-9(14)15/h7-8,10H,4-6H2,1-3H3,(H,14,15)/t7-,8-,10?/m0/s1. The second kappa shape index (κ2) is 7.12. The van der Waals surface area contributed by atoms with Crippen LogP contribution in [0.25, 0.3) is 10.4 Å². The van der Waals surface area contributed by atoms with Crippen molar-refractivity contribution in [3.8, 4) is 0 Å². The summed E-state index contributed by atoms with van der Waals surface area (Å²) in [7, 11) is 0. The van der Waals surface area contributed by atoms with E-state index in [2.05, 4.69) is 10.0 Å². The lowest BCUT2D eigenvalue weighted by atomic mass is 9.87. The minimum Gasteiger partial charge on any atom is -0.481 e. The van der Waals surface area contributed by atoms with Crippen LogP contribution in [0, 0.1) is 11.8 Å². The molecule has 0 aromatic rings. The van der Waals surface area contributed by atoms with Gasteiger partial charge in [0.25, 0.3) is 0 Å². The first-order chi connectivity index (χ1) is 7.02. The van der Waals surface area contributed by atoms with Crippen LogP contribution in [0.15, 0.2) is 5.11 Å². The lowest BCUT2D eigenvalue weighted by Gasteiger charge is -2.24. The van der Waals surface area contributed by atoms with Gasteiger partial charge in [-0.05, 0) is 23.8 Å². The van der Waals surface area contributed by atoms with Crippen LogP contribution in [0.4, 0.5) is 0 Å². The zero-order valence-electron chi connectivity index (χ0n) is 9.55. The zero-order valence-corrected chi connectivity index (χ0v) is 9.55. The van der Waals surface area contributed by atoms with Gasteiger partial charge in [-0.15, -0.1) is 0 Å². The molecule has 0 aliphatic carbocycles. The molecule has 0 spiro atoms. The number of hydrogen-bond donors (Lipinski definition) is 1. The molecule has 0 aromatic heterocycles. The van der Waals surface area contributed by atoms with E-state index in [-0.39, 0.29) is 18.4 Å². The van der Waals surface area contributed by atoms with Crippen molar-refractivity contribution >= 4 is 5.97 Å². The summed E-state index contributed by atoms with van der Waals surface area (Å²) in [6.07, 6.45) is 1.62. The Balaban J connectivity index is 4.34. The summed E-state index contributed by atoms with van der Waals surface area (Å²) in [6, 6.07) is -0.0978. The summed E-state index contributed by atoms with van der Waals surface area (Å²) in [5.41, 5.74) is 8.45. The minimum absolute atomic E-state index is 0.0978. The van der Waals surface area contributed by atoms with E-state index in [0.29, 0.717) is 12.3 Å². The fourth-order valence-corrected chi connectivity index (χ4v) is 1.61. The van der Waals surface area contributed by atoms with E-state index in [1.807, 2.05) is 20.8 Å². The molecule has 0 aromatic carbocycles. The third-order valence-corrected chi connectivity index (χ3v) is 2.81. The van der Waals surface area contributed by atoms with Gasteiger partial charge in [-0.25, -0.2) is 0 Å². The molecule has 0 aliphatic heterocycles. The predicted octanol–water partition coefficient (Wildman–Crippen LogP) is 3.21. The highest BCUT2D eigenvalue weighted by Crippen LogP contribution is 2.23. The van der Waals surface area contributed by atoms with Gasteiger partial charge < -0.3 is 5.11 Å². The van der Waals surface area contributed by atoms with Gasteiger partial charge in [-0.2, -0.15) is 0 Å². The molecule has 0 bridgehead atoms. The van der Waals surface area contributed by atoms with Crippen LogP contribution in [0.5, 0.6) is 0 Å². The summed E-state index contributed by atoms with van der Waals surface area (Å²) >= 11 is 0. The van der Waals surface area contributed by atoms with Gasteiger partial charge in [0.05, 0.1) is 0 Å². The normalized spacial score (nSPS) is 16.2.